The Morgan fingerprint density at radius 1 is 1.50 bits per heavy atom. The quantitative estimate of drug-likeness (QED) is 0.109. The summed E-state index contributed by atoms with van der Waals surface area (Å²) in [6.07, 6.45) is 5.47. The number of nitrogens with two attached hydrogens (primary N) is 1. The number of hydrogen-bond donors (Lipinski definition) is 3. The minimum Gasteiger partial charge on any atom is -0.543 e. The Morgan fingerprint density at radius 2 is 2.29 bits per heavy atom. The van der Waals surface area contributed by atoms with E-state index in [-0.39, 0.29) is 16.5 Å². The number of carboxylic acids is 1. The lowest BCUT2D eigenvalue weighted by Gasteiger charge is -2.50. The molecule has 11 nitrogen and oxygen atoms in total. The van der Waals surface area contributed by atoms with E-state index in [1.165, 1.54) is 28.9 Å². The zero-order valence-corrected chi connectivity index (χ0v) is 20.0. The lowest BCUT2D eigenvalue weighted by molar-refractivity contribution is -0.673. The summed E-state index contributed by atoms with van der Waals surface area (Å²) < 4.78 is 1.90. The lowest BCUT2D eigenvalue weighted by Crippen LogP contribution is -2.71. The highest BCUT2D eigenvalue weighted by Crippen LogP contribution is 2.40. The minimum absolute atomic E-state index is 0.0645. The van der Waals surface area contributed by atoms with E-state index in [9.17, 15) is 24.7 Å². The molecule has 0 spiro atoms. The van der Waals surface area contributed by atoms with Crippen LogP contribution in [0.25, 0.3) is 0 Å². The molecule has 2 amide bonds. The van der Waals surface area contributed by atoms with Gasteiger partial charge in [0.15, 0.2) is 23.2 Å². The number of oxime groups is 1. The summed E-state index contributed by atoms with van der Waals surface area (Å²) in [6.45, 7) is 0. The molecular formula is C20H18N6O5S3. The summed E-state index contributed by atoms with van der Waals surface area (Å²) >= 11 is 3.77. The van der Waals surface area contributed by atoms with Crippen molar-refractivity contribution >= 4 is 63.5 Å². The van der Waals surface area contributed by atoms with Crippen LogP contribution in [0.2, 0.25) is 0 Å². The summed E-state index contributed by atoms with van der Waals surface area (Å²) in [5, 5.41) is 29.3. The van der Waals surface area contributed by atoms with Crippen LogP contribution in [0.15, 0.2) is 62.7 Å². The zero-order valence-electron chi connectivity index (χ0n) is 17.6. The Labute approximate surface area is 206 Å². The third-order valence-corrected chi connectivity index (χ3v) is 7.71. The predicted octanol–water partition coefficient (Wildman–Crippen LogP) is -0.562. The summed E-state index contributed by atoms with van der Waals surface area (Å²) in [5.74, 6) is -2.61. The van der Waals surface area contributed by atoms with Gasteiger partial charge in [-0.1, -0.05) is 16.9 Å². The second kappa shape index (κ2) is 9.87. The van der Waals surface area contributed by atoms with Gasteiger partial charge in [-0.3, -0.25) is 14.5 Å². The number of nitrogens with zero attached hydrogens (tertiary/aromatic N) is 4. The topological polar surface area (TPSA) is 165 Å². The number of thioether (sulfide) groups is 2. The molecule has 1 fully saturated rings. The number of nitrogen functional groups attached to an aromatic ring is 1. The molecule has 2 aromatic rings. The highest BCUT2D eigenvalue weighted by atomic mass is 32.2. The lowest BCUT2D eigenvalue weighted by atomic mass is 10.0. The molecule has 0 saturated carbocycles. The number of carbonyl (C=O) groups excluding carboxylic acids is 3. The molecule has 2 unspecified atom stereocenters. The molecule has 0 aliphatic carbocycles. The standard InChI is InChI=1S/C20H18N6O5S3/c1-25-5-2-3-11(7-25)32-6-4-10-8-33-18-14(17(28)26(18)15(10)19(29)30)23-16(27)13(24-31)12-9-34-20(21)22-12/h2-7,9,14,18H,8H2,1H3,(H4-,21,22,23,27,29,30,31)/b6-4+. The Bertz CT molecular complexity index is 1260. The first-order chi connectivity index (χ1) is 16.3. The van der Waals surface area contributed by atoms with Crippen LogP contribution in [0.3, 0.4) is 0 Å². The maximum Gasteiger partial charge on any atom is 0.276 e. The van der Waals surface area contributed by atoms with Gasteiger partial charge in [-0.25, -0.2) is 9.55 Å². The Kier molecular flexibility index (Phi) is 6.90. The van der Waals surface area contributed by atoms with Crippen LogP contribution in [-0.2, 0) is 21.4 Å². The Hall–Kier alpha value is -3.36. The van der Waals surface area contributed by atoms with Gasteiger partial charge >= 0.3 is 0 Å². The van der Waals surface area contributed by atoms with E-state index < -0.39 is 34.9 Å². The van der Waals surface area contributed by atoms with Crippen LogP contribution >= 0.6 is 34.9 Å². The molecule has 4 N–H and O–H groups in total. The third-order valence-electron chi connectivity index (χ3n) is 4.94. The number of aromatic nitrogens is 2. The summed E-state index contributed by atoms with van der Waals surface area (Å²) in [6, 6.07) is 2.82. The van der Waals surface area contributed by atoms with Crippen molar-refractivity contribution in [1.29, 1.82) is 0 Å². The second-order valence-electron chi connectivity index (χ2n) is 7.17. The summed E-state index contributed by atoms with van der Waals surface area (Å²) in [4.78, 5) is 43.2. The van der Waals surface area contributed by atoms with E-state index in [1.54, 1.807) is 11.5 Å². The number of carbonyl (C=O) groups is 3. The van der Waals surface area contributed by atoms with Crippen LogP contribution in [0, 0.1) is 0 Å². The Morgan fingerprint density at radius 3 is 2.94 bits per heavy atom. The van der Waals surface area contributed by atoms with Crippen LogP contribution in [-0.4, -0.2) is 55.8 Å². The molecule has 0 bridgehead atoms. The molecule has 2 aliphatic rings. The molecule has 4 rings (SSSR count). The number of hydrogen-bond acceptors (Lipinski definition) is 11. The predicted molar refractivity (Wildman–Crippen MR) is 125 cm³/mol. The number of fused-ring (bicyclic) bond motifs is 1. The number of pyridine rings is 1. The normalized spacial score (nSPS) is 20.3. The number of thiazole rings is 1. The highest BCUT2D eigenvalue weighted by Gasteiger charge is 2.53. The summed E-state index contributed by atoms with van der Waals surface area (Å²) in [5.41, 5.74) is 5.43. The van der Waals surface area contributed by atoms with Crippen LogP contribution in [0.1, 0.15) is 5.69 Å². The molecule has 0 aromatic carbocycles. The third kappa shape index (κ3) is 4.64. The van der Waals surface area contributed by atoms with Gasteiger partial charge < -0.3 is 26.2 Å². The average Bonchev–Trinajstić information content (AvgIpc) is 3.23. The van der Waals surface area contributed by atoms with E-state index in [1.807, 2.05) is 36.1 Å². The van der Waals surface area contributed by atoms with Gasteiger partial charge in [-0.15, -0.1) is 23.1 Å². The molecule has 34 heavy (non-hydrogen) atoms. The van der Waals surface area contributed by atoms with E-state index >= 15 is 0 Å². The van der Waals surface area contributed by atoms with Crippen molar-refractivity contribution in [3.05, 3.63) is 58.4 Å². The molecule has 14 heteroatoms. The van der Waals surface area contributed by atoms with E-state index in [0.29, 0.717) is 11.3 Å². The number of carboxylic acid groups (broad SMARTS) is 1. The number of anilines is 1. The fourth-order valence-corrected chi connectivity index (χ4v) is 6.04. The molecule has 1 saturated heterocycles. The fourth-order valence-electron chi connectivity index (χ4n) is 3.40. The van der Waals surface area contributed by atoms with Gasteiger partial charge in [-0.05, 0) is 23.1 Å². The van der Waals surface area contributed by atoms with Crippen molar-refractivity contribution in [2.24, 2.45) is 12.2 Å². The van der Waals surface area contributed by atoms with Crippen molar-refractivity contribution < 1.29 is 29.3 Å². The highest BCUT2D eigenvalue weighted by molar-refractivity contribution is 8.02. The fraction of sp³-hybridized carbons (Fsp3) is 0.200. The molecule has 0 radical (unpaired) electrons. The van der Waals surface area contributed by atoms with E-state index in [0.717, 1.165) is 21.1 Å². The number of allylic oxidation sites excluding steroid dienone is 1. The number of rotatable bonds is 7. The van der Waals surface area contributed by atoms with Gasteiger partial charge in [0.05, 0.1) is 16.6 Å². The van der Waals surface area contributed by atoms with E-state index in [4.69, 9.17) is 5.73 Å². The monoisotopic (exact) mass is 518 g/mol. The molecule has 2 atom stereocenters. The zero-order chi connectivity index (χ0) is 24.4. The van der Waals surface area contributed by atoms with Crippen molar-refractivity contribution in [3.8, 4) is 0 Å². The van der Waals surface area contributed by atoms with E-state index in [2.05, 4.69) is 15.5 Å². The number of β-lactam (4-membered cyclic amide) rings is 1. The molecule has 4 heterocycles. The maximum absolute atomic E-state index is 12.8. The maximum atomic E-state index is 12.8. The smallest absolute Gasteiger partial charge is 0.276 e. The van der Waals surface area contributed by atoms with Crippen molar-refractivity contribution in [2.75, 3.05) is 11.5 Å². The van der Waals surface area contributed by atoms with Crippen molar-refractivity contribution in [2.45, 2.75) is 16.3 Å². The molecule has 176 valence electrons. The van der Waals surface area contributed by atoms with Crippen LogP contribution in [0.5, 0.6) is 0 Å². The Balaban J connectivity index is 1.48. The first-order valence-electron chi connectivity index (χ1n) is 9.72. The van der Waals surface area contributed by atoms with Gasteiger partial charge in [0.2, 0.25) is 0 Å². The van der Waals surface area contributed by atoms with Gasteiger partial charge in [-0.2, -0.15) is 0 Å². The number of nitrogens with one attached hydrogen (secondary N) is 1. The SMILES string of the molecule is C[n+]1cccc(S/C=C/C2=C(C(=O)[O-])N3C(=O)C(NC(=O)/C(=N/O)c4csc(N)n4)C3SC2)c1. The van der Waals surface area contributed by atoms with Crippen molar-refractivity contribution in [3.63, 3.8) is 0 Å². The van der Waals surface area contributed by atoms with Gasteiger partial charge in [0.25, 0.3) is 11.8 Å². The average molecular weight is 519 g/mol. The van der Waals surface area contributed by atoms with Crippen LogP contribution in [0.4, 0.5) is 5.13 Å². The number of amides is 2. The van der Waals surface area contributed by atoms with Gasteiger partial charge in [0.1, 0.15) is 24.2 Å². The first kappa shape index (κ1) is 23.8. The van der Waals surface area contributed by atoms with Crippen molar-refractivity contribution in [1.82, 2.24) is 15.2 Å². The molecule has 2 aliphatic heterocycles. The first-order valence-corrected chi connectivity index (χ1v) is 12.5. The summed E-state index contributed by atoms with van der Waals surface area (Å²) in [7, 11) is 1.90. The minimum atomic E-state index is -1.48. The number of aliphatic carboxylic acids is 1. The number of aryl methyl sites for hydroxylation is 1. The molecular weight excluding hydrogens is 500 g/mol. The largest absolute Gasteiger partial charge is 0.543 e. The van der Waals surface area contributed by atoms with Gasteiger partial charge in [0, 0.05) is 17.2 Å². The molecule has 2 aromatic heterocycles. The second-order valence-corrected chi connectivity index (χ2v) is 10.1. The van der Waals surface area contributed by atoms with Crippen LogP contribution < -0.4 is 20.7 Å².